The summed E-state index contributed by atoms with van der Waals surface area (Å²) >= 11 is 0. The van der Waals surface area contributed by atoms with E-state index in [9.17, 15) is 9.90 Å². The van der Waals surface area contributed by atoms with Crippen molar-refractivity contribution in [2.45, 2.75) is 78.2 Å². The lowest BCUT2D eigenvalue weighted by atomic mass is 9.54. The SMILES string of the molecule is CC(=O)[C@H]1CCC2C3C[C@H]4C[C@H](O)CC[C@]4(C)C3CC[C@@]21C. The van der Waals surface area contributed by atoms with Crippen LogP contribution in [0.2, 0.25) is 0 Å². The van der Waals surface area contributed by atoms with Crippen LogP contribution in [0.1, 0.15) is 72.1 Å². The van der Waals surface area contributed by atoms with E-state index in [1.807, 2.05) is 6.92 Å². The van der Waals surface area contributed by atoms with E-state index >= 15 is 0 Å². The van der Waals surface area contributed by atoms with Gasteiger partial charge in [0.2, 0.25) is 0 Å². The Morgan fingerprint density at radius 1 is 0.955 bits per heavy atom. The number of hydrogen-bond acceptors (Lipinski definition) is 2. The molecule has 0 radical (unpaired) electrons. The van der Waals surface area contributed by atoms with E-state index in [1.165, 1.54) is 32.1 Å². The minimum atomic E-state index is -0.0573. The van der Waals surface area contributed by atoms with Gasteiger partial charge < -0.3 is 5.11 Å². The van der Waals surface area contributed by atoms with Crippen LogP contribution in [0.3, 0.4) is 0 Å². The van der Waals surface area contributed by atoms with E-state index in [4.69, 9.17) is 0 Å². The third-order valence-electron chi connectivity index (χ3n) is 8.84. The van der Waals surface area contributed by atoms with Gasteiger partial charge in [-0.15, -0.1) is 0 Å². The van der Waals surface area contributed by atoms with E-state index in [0.717, 1.165) is 42.9 Å². The van der Waals surface area contributed by atoms with E-state index in [0.29, 0.717) is 17.1 Å². The average Bonchev–Trinajstić information content (AvgIpc) is 2.93. The van der Waals surface area contributed by atoms with Crippen LogP contribution in [-0.4, -0.2) is 17.0 Å². The molecule has 0 amide bonds. The molecule has 1 N–H and O–H groups in total. The van der Waals surface area contributed by atoms with Gasteiger partial charge in [0.25, 0.3) is 0 Å². The summed E-state index contributed by atoms with van der Waals surface area (Å²) in [5.74, 6) is 3.92. The minimum absolute atomic E-state index is 0.0573. The molecule has 22 heavy (non-hydrogen) atoms. The fraction of sp³-hybridized carbons (Fsp3) is 0.950. The number of carbonyl (C=O) groups is 1. The summed E-state index contributed by atoms with van der Waals surface area (Å²) in [7, 11) is 0. The van der Waals surface area contributed by atoms with E-state index in [1.54, 1.807) is 0 Å². The van der Waals surface area contributed by atoms with Crippen molar-refractivity contribution >= 4 is 5.78 Å². The van der Waals surface area contributed by atoms with Crippen molar-refractivity contribution in [1.82, 2.24) is 0 Å². The molecular formula is C20H32O2. The van der Waals surface area contributed by atoms with Gasteiger partial charge >= 0.3 is 0 Å². The summed E-state index contributed by atoms with van der Waals surface area (Å²) < 4.78 is 0. The van der Waals surface area contributed by atoms with Gasteiger partial charge in [-0.2, -0.15) is 0 Å². The van der Waals surface area contributed by atoms with Gasteiger partial charge in [0.1, 0.15) is 5.78 Å². The molecule has 0 aromatic heterocycles. The molecule has 0 bridgehead atoms. The second-order valence-corrected chi connectivity index (χ2v) is 9.53. The molecule has 8 atom stereocenters. The lowest BCUT2D eigenvalue weighted by Crippen LogP contribution is -2.45. The topological polar surface area (TPSA) is 37.3 Å². The van der Waals surface area contributed by atoms with Gasteiger partial charge in [0.15, 0.2) is 0 Å². The predicted molar refractivity (Wildman–Crippen MR) is 87.3 cm³/mol. The number of aliphatic hydroxyl groups is 1. The van der Waals surface area contributed by atoms with Crippen LogP contribution in [0.15, 0.2) is 0 Å². The third kappa shape index (κ3) is 1.85. The largest absolute Gasteiger partial charge is 0.393 e. The van der Waals surface area contributed by atoms with Crippen LogP contribution in [-0.2, 0) is 4.79 Å². The van der Waals surface area contributed by atoms with Crippen LogP contribution in [0.5, 0.6) is 0 Å². The highest BCUT2D eigenvalue weighted by atomic mass is 16.3. The van der Waals surface area contributed by atoms with Gasteiger partial charge in [-0.25, -0.2) is 0 Å². The van der Waals surface area contributed by atoms with Gasteiger partial charge in [0, 0.05) is 5.92 Å². The highest BCUT2D eigenvalue weighted by molar-refractivity contribution is 5.79. The Kier molecular flexibility index (Phi) is 3.32. The lowest BCUT2D eigenvalue weighted by molar-refractivity contribution is -0.126. The van der Waals surface area contributed by atoms with E-state index in [-0.39, 0.29) is 11.5 Å². The normalized spacial score (nSPS) is 57.1. The van der Waals surface area contributed by atoms with Crippen LogP contribution >= 0.6 is 0 Å². The van der Waals surface area contributed by atoms with Crippen molar-refractivity contribution in [2.75, 3.05) is 0 Å². The zero-order chi connectivity index (χ0) is 15.7. The molecule has 0 saturated heterocycles. The van der Waals surface area contributed by atoms with Gasteiger partial charge in [-0.05, 0) is 92.8 Å². The van der Waals surface area contributed by atoms with Crippen molar-refractivity contribution in [2.24, 2.45) is 40.4 Å². The predicted octanol–water partition coefficient (Wildman–Crippen LogP) is 4.21. The fourth-order valence-electron chi connectivity index (χ4n) is 7.68. The quantitative estimate of drug-likeness (QED) is 0.788. The molecule has 4 fully saturated rings. The first-order chi connectivity index (χ1) is 10.4. The number of rotatable bonds is 1. The molecule has 2 heteroatoms. The Balaban J connectivity index is 1.64. The van der Waals surface area contributed by atoms with E-state index < -0.39 is 0 Å². The first-order valence-corrected chi connectivity index (χ1v) is 9.55. The van der Waals surface area contributed by atoms with Crippen LogP contribution in [0.25, 0.3) is 0 Å². The molecule has 4 rings (SSSR count). The Morgan fingerprint density at radius 3 is 2.36 bits per heavy atom. The first kappa shape index (κ1) is 15.2. The van der Waals surface area contributed by atoms with Gasteiger partial charge in [0.05, 0.1) is 6.10 Å². The maximum absolute atomic E-state index is 12.1. The Morgan fingerprint density at radius 2 is 1.64 bits per heavy atom. The van der Waals surface area contributed by atoms with Crippen LogP contribution in [0, 0.1) is 40.4 Å². The zero-order valence-corrected chi connectivity index (χ0v) is 14.5. The van der Waals surface area contributed by atoms with Crippen molar-refractivity contribution < 1.29 is 9.90 Å². The summed E-state index contributed by atoms with van der Waals surface area (Å²) in [6.45, 7) is 6.76. The van der Waals surface area contributed by atoms with Crippen LogP contribution in [0.4, 0.5) is 0 Å². The molecule has 0 aromatic rings. The highest BCUT2D eigenvalue weighted by Gasteiger charge is 2.62. The summed E-state index contributed by atoms with van der Waals surface area (Å²) in [5.41, 5.74) is 0.745. The van der Waals surface area contributed by atoms with Crippen molar-refractivity contribution in [3.8, 4) is 0 Å². The Bertz CT molecular complexity index is 486. The number of ketones is 1. The maximum Gasteiger partial charge on any atom is 0.133 e. The number of Topliss-reactive ketones (excluding diaryl/α,β-unsaturated/α-hetero) is 1. The molecule has 0 aromatic carbocycles. The van der Waals surface area contributed by atoms with Crippen molar-refractivity contribution in [3.05, 3.63) is 0 Å². The monoisotopic (exact) mass is 304 g/mol. The number of fused-ring (bicyclic) bond motifs is 5. The molecule has 0 heterocycles. The molecule has 0 aliphatic heterocycles. The third-order valence-corrected chi connectivity index (χ3v) is 8.84. The molecule has 124 valence electrons. The van der Waals surface area contributed by atoms with Crippen molar-refractivity contribution in [3.63, 3.8) is 0 Å². The Hall–Kier alpha value is -0.370. The summed E-state index contributed by atoms with van der Waals surface area (Å²) in [6, 6.07) is 0. The van der Waals surface area contributed by atoms with Crippen molar-refractivity contribution in [1.29, 1.82) is 0 Å². The smallest absolute Gasteiger partial charge is 0.133 e. The summed E-state index contributed by atoms with van der Waals surface area (Å²) in [5, 5.41) is 10.1. The maximum atomic E-state index is 12.1. The molecule has 2 nitrogen and oxygen atoms in total. The molecule has 4 aliphatic carbocycles. The summed E-state index contributed by atoms with van der Waals surface area (Å²) in [6.07, 6.45) is 9.51. The number of carbonyl (C=O) groups excluding carboxylic acids is 1. The summed E-state index contributed by atoms with van der Waals surface area (Å²) in [4.78, 5) is 12.1. The first-order valence-electron chi connectivity index (χ1n) is 9.55. The Labute approximate surface area is 135 Å². The second-order valence-electron chi connectivity index (χ2n) is 9.53. The number of aliphatic hydroxyl groups excluding tert-OH is 1. The van der Waals surface area contributed by atoms with Gasteiger partial charge in [-0.3, -0.25) is 4.79 Å². The van der Waals surface area contributed by atoms with Gasteiger partial charge in [-0.1, -0.05) is 13.8 Å². The zero-order valence-electron chi connectivity index (χ0n) is 14.5. The standard InChI is InChI=1S/C20H32O2/c1-12(21)16-4-5-17-15-11-13-10-14(22)6-8-19(13,2)18(15)7-9-20(16,17)3/h13-18,22H,4-11H2,1-3H3/t13-,14-,15?,16-,17?,18?,19+,20-/m1/s1. The minimum Gasteiger partial charge on any atom is -0.393 e. The van der Waals surface area contributed by atoms with Crippen LogP contribution < -0.4 is 0 Å². The molecule has 0 spiro atoms. The lowest BCUT2D eigenvalue weighted by Gasteiger charge is -2.50. The average molecular weight is 304 g/mol. The van der Waals surface area contributed by atoms with E-state index in [2.05, 4.69) is 13.8 Å². The fourth-order valence-corrected chi connectivity index (χ4v) is 7.68. The molecular weight excluding hydrogens is 272 g/mol. The molecule has 4 saturated carbocycles. The molecule has 4 aliphatic rings. The number of hydrogen-bond donors (Lipinski definition) is 1. The molecule has 3 unspecified atom stereocenters. The highest BCUT2D eigenvalue weighted by Crippen LogP contribution is 2.69. The second kappa shape index (κ2) is 4.82.